The van der Waals surface area contributed by atoms with Crippen LogP contribution in [-0.4, -0.2) is 44.5 Å². The number of nitrogens with zero attached hydrogens (tertiary/aromatic N) is 1. The van der Waals surface area contributed by atoms with Crippen molar-refractivity contribution in [2.75, 3.05) is 26.9 Å². The summed E-state index contributed by atoms with van der Waals surface area (Å²) in [6.45, 7) is 3.16. The average molecular weight is 368 g/mol. The lowest BCUT2D eigenvalue weighted by Gasteiger charge is -2.38. The second-order valence-electron chi connectivity index (χ2n) is 7.82. The molecule has 1 unspecified atom stereocenters. The van der Waals surface area contributed by atoms with Crippen molar-refractivity contribution >= 4 is 11.7 Å². The normalized spacial score (nSPS) is 25.7. The third-order valence-corrected chi connectivity index (χ3v) is 5.07. The molecule has 3 rings (SSSR count). The van der Waals surface area contributed by atoms with Crippen LogP contribution in [0.4, 0.5) is 8.78 Å². The minimum absolute atomic E-state index is 0.0887. The minimum atomic E-state index is -2.90. The monoisotopic (exact) mass is 368 g/mol. The first kappa shape index (κ1) is 19.0. The summed E-state index contributed by atoms with van der Waals surface area (Å²) in [4.78, 5) is 16.8. The fourth-order valence-corrected chi connectivity index (χ4v) is 3.33. The maximum atomic E-state index is 13.2. The van der Waals surface area contributed by atoms with Gasteiger partial charge in [-0.05, 0) is 38.2 Å². The predicted octanol–water partition coefficient (Wildman–Crippen LogP) is 3.08. The Balaban J connectivity index is 1.70. The number of amidine groups is 1. The summed E-state index contributed by atoms with van der Waals surface area (Å²) >= 11 is 0. The molecule has 1 N–H and O–H groups in total. The molecule has 1 saturated carbocycles. The number of carbonyl (C=O) groups excluding carboxylic acids is 1. The molecule has 1 amide bonds. The van der Waals surface area contributed by atoms with Crippen molar-refractivity contribution in [1.29, 1.82) is 0 Å². The van der Waals surface area contributed by atoms with Crippen LogP contribution < -0.4 is 5.32 Å². The fourth-order valence-electron chi connectivity index (χ4n) is 3.33. The molecule has 0 spiro atoms. The lowest BCUT2D eigenvalue weighted by molar-refractivity contribution is -0.116. The summed E-state index contributed by atoms with van der Waals surface area (Å²) in [5.41, 5.74) is 0.144. The van der Waals surface area contributed by atoms with Crippen LogP contribution in [0.5, 0.6) is 0 Å². The quantitative estimate of drug-likeness (QED) is 0.579. The van der Waals surface area contributed by atoms with Crippen LogP contribution in [-0.2, 0) is 14.3 Å². The van der Waals surface area contributed by atoms with Crippen molar-refractivity contribution < 1.29 is 23.0 Å². The van der Waals surface area contributed by atoms with Crippen LogP contribution in [0.3, 0.4) is 0 Å². The molecule has 3 aliphatic rings. The molecule has 1 saturated heterocycles. The molecule has 0 bridgehead atoms. The molecule has 26 heavy (non-hydrogen) atoms. The van der Waals surface area contributed by atoms with Crippen LogP contribution in [0.1, 0.15) is 33.1 Å². The summed E-state index contributed by atoms with van der Waals surface area (Å²) in [7, 11) is 1.63. The Kier molecular flexibility index (Phi) is 5.19. The molecule has 0 aromatic carbocycles. The fraction of sp³-hybridized carbons (Fsp3) is 0.684. The van der Waals surface area contributed by atoms with Crippen molar-refractivity contribution in [3.63, 3.8) is 0 Å². The highest BCUT2D eigenvalue weighted by Gasteiger charge is 2.40. The summed E-state index contributed by atoms with van der Waals surface area (Å²) in [5.74, 6) is -1.57. The highest BCUT2D eigenvalue weighted by Crippen LogP contribution is 2.45. The number of ether oxygens (including phenoxy) is 2. The van der Waals surface area contributed by atoms with Crippen LogP contribution >= 0.6 is 0 Å². The number of rotatable bonds is 6. The number of alkyl halides is 2. The second kappa shape index (κ2) is 7.10. The molecule has 0 radical (unpaired) electrons. The number of aliphatic imine (C=N–C) groups is 1. The number of hydrogen-bond acceptors (Lipinski definition) is 4. The zero-order valence-electron chi connectivity index (χ0n) is 15.5. The van der Waals surface area contributed by atoms with Crippen molar-refractivity contribution in [1.82, 2.24) is 5.32 Å². The highest BCUT2D eigenvalue weighted by atomic mass is 19.3. The van der Waals surface area contributed by atoms with Crippen molar-refractivity contribution in [2.45, 2.75) is 39.0 Å². The summed E-state index contributed by atoms with van der Waals surface area (Å²) in [6.07, 6.45) is 6.26. The van der Waals surface area contributed by atoms with E-state index in [0.29, 0.717) is 42.7 Å². The lowest BCUT2D eigenvalue weighted by Crippen LogP contribution is -2.53. The molecule has 2 aliphatic carbocycles. The third-order valence-electron chi connectivity index (χ3n) is 5.07. The Morgan fingerprint density at radius 1 is 1.46 bits per heavy atom. The molecule has 1 atom stereocenters. The first-order valence-electron chi connectivity index (χ1n) is 9.00. The molecular formula is C19H26F2N2O3. The van der Waals surface area contributed by atoms with E-state index in [1.807, 2.05) is 13.0 Å². The maximum absolute atomic E-state index is 13.2. The minimum Gasteiger partial charge on any atom is -0.491 e. The van der Waals surface area contributed by atoms with Gasteiger partial charge in [0, 0.05) is 25.5 Å². The van der Waals surface area contributed by atoms with Crippen LogP contribution in [0.15, 0.2) is 28.5 Å². The first-order chi connectivity index (χ1) is 12.2. The number of carbonyl (C=O) groups is 1. The van der Waals surface area contributed by atoms with Crippen molar-refractivity contribution in [2.24, 2.45) is 22.2 Å². The van der Waals surface area contributed by atoms with Gasteiger partial charge in [0.05, 0.1) is 18.6 Å². The number of nitrogens with one attached hydrogen (secondary N) is 1. The largest absolute Gasteiger partial charge is 0.491 e. The van der Waals surface area contributed by atoms with E-state index >= 15 is 0 Å². The van der Waals surface area contributed by atoms with Gasteiger partial charge in [0.15, 0.2) is 6.61 Å². The van der Waals surface area contributed by atoms with Crippen LogP contribution in [0, 0.1) is 17.3 Å². The van der Waals surface area contributed by atoms with E-state index in [1.165, 1.54) is 0 Å². The van der Waals surface area contributed by atoms with E-state index in [4.69, 9.17) is 9.47 Å². The molecule has 1 aliphatic heterocycles. The Labute approximate surface area is 152 Å². The third kappa shape index (κ3) is 4.31. The molecule has 5 nitrogen and oxygen atoms in total. The molecule has 0 aromatic rings. The zero-order valence-corrected chi connectivity index (χ0v) is 15.5. The van der Waals surface area contributed by atoms with Crippen LogP contribution in [0.25, 0.3) is 0 Å². The lowest BCUT2D eigenvalue weighted by atomic mass is 9.86. The maximum Gasteiger partial charge on any atom is 0.278 e. The van der Waals surface area contributed by atoms with E-state index in [9.17, 15) is 13.6 Å². The van der Waals surface area contributed by atoms with E-state index in [2.05, 4.69) is 10.3 Å². The van der Waals surface area contributed by atoms with Gasteiger partial charge in [-0.3, -0.25) is 9.79 Å². The highest BCUT2D eigenvalue weighted by molar-refractivity contribution is 6.09. The van der Waals surface area contributed by atoms with E-state index in [-0.39, 0.29) is 17.2 Å². The predicted molar refractivity (Wildman–Crippen MR) is 94.0 cm³/mol. The second-order valence-corrected chi connectivity index (χ2v) is 7.82. The van der Waals surface area contributed by atoms with Crippen molar-refractivity contribution in [3.05, 3.63) is 23.5 Å². The average Bonchev–Trinajstić information content (AvgIpc) is 3.39. The van der Waals surface area contributed by atoms with Gasteiger partial charge in [-0.25, -0.2) is 8.78 Å². The summed E-state index contributed by atoms with van der Waals surface area (Å²) in [5, 5.41) is 2.85. The number of halogens is 2. The standard InChI is InChI=1S/C19H26F2N2O3/c1-18(9-25-10-18)17(22-3)23-16(24)13-6-7-14(12-4-5-12)15(8-13)26-11-19(2,20)21/h6,8,12,14H,4-5,7,9-11H2,1-3H3,(H,22,23,24). The molecular weight excluding hydrogens is 342 g/mol. The number of allylic oxidation sites excluding steroid dienone is 2. The van der Waals surface area contributed by atoms with E-state index < -0.39 is 12.5 Å². The molecule has 0 aromatic heterocycles. The smallest absolute Gasteiger partial charge is 0.278 e. The van der Waals surface area contributed by atoms with Crippen LogP contribution in [0.2, 0.25) is 0 Å². The molecule has 7 heteroatoms. The number of amides is 1. The first-order valence-corrected chi connectivity index (χ1v) is 9.00. The van der Waals surface area contributed by atoms with E-state index in [0.717, 1.165) is 19.8 Å². The molecule has 144 valence electrons. The SMILES string of the molecule is CN=C(NC(=O)C1=CCC(C2CC2)C(OCC(C)(F)F)=C1)C1(C)COC1. The van der Waals surface area contributed by atoms with Gasteiger partial charge in [0.25, 0.3) is 11.8 Å². The Morgan fingerprint density at radius 2 is 2.15 bits per heavy atom. The Bertz CT molecular complexity index is 656. The van der Waals surface area contributed by atoms with Gasteiger partial charge < -0.3 is 14.8 Å². The summed E-state index contributed by atoms with van der Waals surface area (Å²) in [6, 6.07) is 0. The molecule has 1 heterocycles. The van der Waals surface area contributed by atoms with Gasteiger partial charge in [-0.1, -0.05) is 6.08 Å². The Hall–Kier alpha value is -1.76. The van der Waals surface area contributed by atoms with Gasteiger partial charge >= 0.3 is 0 Å². The van der Waals surface area contributed by atoms with Gasteiger partial charge in [0.2, 0.25) is 0 Å². The Morgan fingerprint density at radius 3 is 2.65 bits per heavy atom. The number of hydrogen-bond donors (Lipinski definition) is 1. The van der Waals surface area contributed by atoms with Gasteiger partial charge in [0.1, 0.15) is 11.6 Å². The topological polar surface area (TPSA) is 59.9 Å². The van der Waals surface area contributed by atoms with Gasteiger partial charge in [-0.15, -0.1) is 0 Å². The van der Waals surface area contributed by atoms with Gasteiger partial charge in [-0.2, -0.15) is 0 Å². The summed E-state index contributed by atoms with van der Waals surface area (Å²) < 4.78 is 37.0. The van der Waals surface area contributed by atoms with E-state index in [1.54, 1.807) is 13.1 Å². The zero-order chi connectivity index (χ0) is 18.9. The molecule has 2 fully saturated rings. The van der Waals surface area contributed by atoms with Crippen molar-refractivity contribution in [3.8, 4) is 0 Å².